The minimum Gasteiger partial charge on any atom is -0.326 e. The number of carbonyl (C=O) groups excluding carboxylic acids is 2. The number of aryl methyl sites for hydroxylation is 1. The van der Waals surface area contributed by atoms with E-state index in [1.807, 2.05) is 31.2 Å². The Hall–Kier alpha value is -2.31. The van der Waals surface area contributed by atoms with Gasteiger partial charge in [0.2, 0.25) is 11.8 Å². The standard InChI is InChI=1S/C18H16ClN3O2S/c1-11-3-2-4-14(9-11)20-16(23)10-15-17(24)22-18(25-15)21-13-7-5-12(19)6-8-13/h2-9,15H,10H2,1H3,(H,20,23)(H,21,22,24)/t15-/m1/s1. The summed E-state index contributed by atoms with van der Waals surface area (Å²) in [5.74, 6) is -0.414. The Bertz CT molecular complexity index is 836. The molecule has 2 aromatic carbocycles. The number of rotatable bonds is 4. The van der Waals surface area contributed by atoms with Crippen LogP contribution in [0, 0.1) is 6.92 Å². The highest BCUT2D eigenvalue weighted by Gasteiger charge is 2.32. The van der Waals surface area contributed by atoms with E-state index in [4.69, 9.17) is 11.6 Å². The lowest BCUT2D eigenvalue weighted by Gasteiger charge is -2.07. The van der Waals surface area contributed by atoms with Crippen LogP contribution in [0.2, 0.25) is 5.02 Å². The number of aliphatic imine (C=N–C) groups is 1. The quantitative estimate of drug-likeness (QED) is 0.853. The highest BCUT2D eigenvalue weighted by Crippen LogP contribution is 2.26. The first-order valence-electron chi connectivity index (χ1n) is 7.68. The Labute approximate surface area is 154 Å². The molecule has 25 heavy (non-hydrogen) atoms. The van der Waals surface area contributed by atoms with E-state index in [0.29, 0.717) is 15.9 Å². The summed E-state index contributed by atoms with van der Waals surface area (Å²) in [4.78, 5) is 28.6. The summed E-state index contributed by atoms with van der Waals surface area (Å²) in [7, 11) is 0. The van der Waals surface area contributed by atoms with Gasteiger partial charge in [-0.2, -0.15) is 0 Å². The Morgan fingerprint density at radius 3 is 2.76 bits per heavy atom. The molecule has 128 valence electrons. The maximum atomic E-state index is 12.2. The van der Waals surface area contributed by atoms with Crippen molar-refractivity contribution in [2.24, 2.45) is 4.99 Å². The number of nitrogens with zero attached hydrogens (tertiary/aromatic N) is 1. The molecule has 0 radical (unpaired) electrons. The van der Waals surface area contributed by atoms with Crippen molar-refractivity contribution < 1.29 is 9.59 Å². The Morgan fingerprint density at radius 2 is 2.04 bits per heavy atom. The average molecular weight is 374 g/mol. The summed E-state index contributed by atoms with van der Waals surface area (Å²) in [6.07, 6.45) is 0.0874. The number of carbonyl (C=O) groups is 2. The van der Waals surface area contributed by atoms with Crippen molar-refractivity contribution in [3.05, 3.63) is 59.1 Å². The Morgan fingerprint density at radius 1 is 1.28 bits per heavy atom. The van der Waals surface area contributed by atoms with Crippen molar-refractivity contribution in [1.29, 1.82) is 0 Å². The fraction of sp³-hybridized carbons (Fsp3) is 0.167. The maximum absolute atomic E-state index is 12.2. The van der Waals surface area contributed by atoms with Crippen molar-refractivity contribution in [1.82, 2.24) is 5.32 Å². The first-order valence-corrected chi connectivity index (χ1v) is 8.94. The molecule has 1 saturated heterocycles. The Kier molecular flexibility index (Phi) is 5.40. The third-order valence-electron chi connectivity index (χ3n) is 3.51. The van der Waals surface area contributed by atoms with E-state index in [-0.39, 0.29) is 18.2 Å². The summed E-state index contributed by atoms with van der Waals surface area (Å²) in [6, 6.07) is 14.5. The molecule has 1 heterocycles. The third kappa shape index (κ3) is 4.84. The van der Waals surface area contributed by atoms with Crippen molar-refractivity contribution in [3.8, 4) is 0 Å². The van der Waals surface area contributed by atoms with E-state index in [1.54, 1.807) is 24.3 Å². The predicted molar refractivity (Wildman–Crippen MR) is 102 cm³/mol. The molecule has 0 unspecified atom stereocenters. The van der Waals surface area contributed by atoms with Crippen molar-refractivity contribution >= 4 is 51.7 Å². The molecule has 0 bridgehead atoms. The van der Waals surface area contributed by atoms with Gasteiger partial charge in [0.1, 0.15) is 5.25 Å². The second-order valence-electron chi connectivity index (χ2n) is 5.61. The van der Waals surface area contributed by atoms with Gasteiger partial charge in [0.05, 0.1) is 5.69 Å². The van der Waals surface area contributed by atoms with Gasteiger partial charge in [0, 0.05) is 17.1 Å². The molecule has 3 rings (SSSR count). The zero-order valence-electron chi connectivity index (χ0n) is 13.5. The molecule has 1 aliphatic heterocycles. The first-order chi connectivity index (χ1) is 12.0. The summed E-state index contributed by atoms with van der Waals surface area (Å²) in [5, 5.41) is 6.14. The molecule has 0 saturated carbocycles. The molecule has 2 aromatic rings. The number of anilines is 1. The van der Waals surface area contributed by atoms with Gasteiger partial charge >= 0.3 is 0 Å². The average Bonchev–Trinajstić information content (AvgIpc) is 2.89. The maximum Gasteiger partial charge on any atom is 0.240 e. The summed E-state index contributed by atoms with van der Waals surface area (Å²) in [6.45, 7) is 1.95. The van der Waals surface area contributed by atoms with Crippen LogP contribution in [0.15, 0.2) is 53.5 Å². The number of hydrogen-bond donors (Lipinski definition) is 2. The molecule has 0 spiro atoms. The van der Waals surface area contributed by atoms with Crippen LogP contribution in [0.1, 0.15) is 12.0 Å². The number of hydrogen-bond acceptors (Lipinski definition) is 4. The predicted octanol–water partition coefficient (Wildman–Crippen LogP) is 3.90. The third-order valence-corrected chi connectivity index (χ3v) is 4.84. The van der Waals surface area contributed by atoms with Crippen LogP contribution in [-0.2, 0) is 9.59 Å². The van der Waals surface area contributed by atoms with Gasteiger partial charge in [-0.05, 0) is 48.9 Å². The van der Waals surface area contributed by atoms with E-state index in [0.717, 1.165) is 11.3 Å². The van der Waals surface area contributed by atoms with E-state index >= 15 is 0 Å². The van der Waals surface area contributed by atoms with Crippen LogP contribution in [0.4, 0.5) is 11.4 Å². The fourth-order valence-electron chi connectivity index (χ4n) is 2.33. The summed E-state index contributed by atoms with van der Waals surface area (Å²) >= 11 is 7.10. The smallest absolute Gasteiger partial charge is 0.240 e. The first kappa shape index (κ1) is 17.5. The summed E-state index contributed by atoms with van der Waals surface area (Å²) < 4.78 is 0. The molecule has 5 nitrogen and oxygen atoms in total. The monoisotopic (exact) mass is 373 g/mol. The minimum atomic E-state index is -0.490. The van der Waals surface area contributed by atoms with E-state index < -0.39 is 5.25 Å². The van der Waals surface area contributed by atoms with Gasteiger partial charge < -0.3 is 10.6 Å². The molecule has 0 aromatic heterocycles. The lowest BCUT2D eigenvalue weighted by molar-refractivity contribution is -0.122. The van der Waals surface area contributed by atoms with Crippen LogP contribution in [0.5, 0.6) is 0 Å². The van der Waals surface area contributed by atoms with Gasteiger partial charge in [0.25, 0.3) is 0 Å². The van der Waals surface area contributed by atoms with Gasteiger partial charge in [-0.3, -0.25) is 9.59 Å². The number of amidine groups is 1. The Balaban J connectivity index is 1.61. The second kappa shape index (κ2) is 7.72. The van der Waals surface area contributed by atoms with Crippen LogP contribution in [0.25, 0.3) is 0 Å². The number of benzene rings is 2. The van der Waals surface area contributed by atoms with Gasteiger partial charge in [-0.1, -0.05) is 35.5 Å². The molecular formula is C18H16ClN3O2S. The van der Waals surface area contributed by atoms with E-state index in [1.165, 1.54) is 11.8 Å². The van der Waals surface area contributed by atoms with Gasteiger partial charge in [-0.25, -0.2) is 4.99 Å². The SMILES string of the molecule is Cc1cccc(NC(=O)C[C@H]2SC(=Nc3ccc(Cl)cc3)NC2=O)c1. The molecule has 7 heteroatoms. The topological polar surface area (TPSA) is 70.6 Å². The second-order valence-corrected chi connectivity index (χ2v) is 7.24. The highest BCUT2D eigenvalue weighted by molar-refractivity contribution is 8.15. The zero-order valence-corrected chi connectivity index (χ0v) is 15.0. The molecule has 1 atom stereocenters. The lowest BCUT2D eigenvalue weighted by Crippen LogP contribution is -2.28. The molecule has 1 aliphatic rings. The van der Waals surface area contributed by atoms with Gasteiger partial charge in [-0.15, -0.1) is 0 Å². The van der Waals surface area contributed by atoms with E-state index in [9.17, 15) is 9.59 Å². The molecule has 2 N–H and O–H groups in total. The lowest BCUT2D eigenvalue weighted by atomic mass is 10.2. The van der Waals surface area contributed by atoms with Crippen LogP contribution in [0.3, 0.4) is 0 Å². The van der Waals surface area contributed by atoms with Crippen molar-refractivity contribution in [3.63, 3.8) is 0 Å². The number of halogens is 1. The fourth-order valence-corrected chi connectivity index (χ4v) is 3.44. The van der Waals surface area contributed by atoms with Gasteiger partial charge in [0.15, 0.2) is 5.17 Å². The number of amides is 2. The number of nitrogens with one attached hydrogen (secondary N) is 2. The number of thioether (sulfide) groups is 1. The minimum absolute atomic E-state index is 0.0874. The van der Waals surface area contributed by atoms with Crippen LogP contribution < -0.4 is 10.6 Å². The highest BCUT2D eigenvalue weighted by atomic mass is 35.5. The van der Waals surface area contributed by atoms with Crippen LogP contribution in [-0.4, -0.2) is 22.2 Å². The largest absolute Gasteiger partial charge is 0.326 e. The zero-order chi connectivity index (χ0) is 17.8. The normalized spacial score (nSPS) is 18.2. The molecule has 0 aliphatic carbocycles. The molecule has 2 amide bonds. The van der Waals surface area contributed by atoms with Crippen LogP contribution >= 0.6 is 23.4 Å². The molecule has 1 fully saturated rings. The van der Waals surface area contributed by atoms with E-state index in [2.05, 4.69) is 15.6 Å². The summed E-state index contributed by atoms with van der Waals surface area (Å²) in [5.41, 5.74) is 2.48. The molecular weight excluding hydrogens is 358 g/mol. The van der Waals surface area contributed by atoms with Crippen molar-refractivity contribution in [2.45, 2.75) is 18.6 Å². The van der Waals surface area contributed by atoms with Crippen molar-refractivity contribution in [2.75, 3.05) is 5.32 Å².